The fourth-order valence-corrected chi connectivity index (χ4v) is 9.51. The van der Waals surface area contributed by atoms with Crippen molar-refractivity contribution in [3.05, 3.63) is 111 Å². The molecule has 0 radical (unpaired) electrons. The van der Waals surface area contributed by atoms with E-state index in [4.69, 9.17) is 9.47 Å². The number of likely N-dealkylation sites (N-methyl/N-ethyl adjacent to an activating group) is 1. The minimum Gasteiger partial charge on any atom is -0.465 e. The number of amides is 2. The summed E-state index contributed by atoms with van der Waals surface area (Å²) in [7, 11) is -2.86. The molecule has 0 bridgehead atoms. The number of ether oxygens (including phenoxy) is 2. The number of methoxy groups -OCH3 is 1. The molecule has 0 saturated carbocycles. The van der Waals surface area contributed by atoms with Crippen molar-refractivity contribution >= 4 is 55.8 Å². The third-order valence-corrected chi connectivity index (χ3v) is 12.6. The van der Waals surface area contributed by atoms with Gasteiger partial charge in [0.15, 0.2) is 0 Å². The predicted molar refractivity (Wildman–Crippen MR) is 205 cm³/mol. The molecule has 0 saturated heterocycles. The average Bonchev–Trinajstić information content (AvgIpc) is 3.52. The second kappa shape index (κ2) is 16.9. The number of nitrogens with zero attached hydrogens (tertiary/aromatic N) is 1. The molecule has 0 spiro atoms. The van der Waals surface area contributed by atoms with Crippen LogP contribution in [0, 0.1) is 0 Å². The van der Waals surface area contributed by atoms with Gasteiger partial charge in [-0.15, -0.1) is 11.3 Å². The molecular formula is C40H45N3O8S2. The predicted octanol–water partition coefficient (Wildman–Crippen LogP) is 7.06. The van der Waals surface area contributed by atoms with Crippen LogP contribution in [0.3, 0.4) is 0 Å². The maximum absolute atomic E-state index is 13.9. The van der Waals surface area contributed by atoms with E-state index in [0.717, 1.165) is 58.0 Å². The summed E-state index contributed by atoms with van der Waals surface area (Å²) < 4.78 is 38.5. The summed E-state index contributed by atoms with van der Waals surface area (Å²) >= 11 is 1.37. The fourth-order valence-electron chi connectivity index (χ4n) is 6.43. The van der Waals surface area contributed by atoms with Crippen LogP contribution in [-0.2, 0) is 50.0 Å². The molecule has 1 heterocycles. The summed E-state index contributed by atoms with van der Waals surface area (Å²) in [5.41, 5.74) is 3.21. The smallest absolute Gasteiger partial charge is 0.337 e. The van der Waals surface area contributed by atoms with Crippen LogP contribution >= 0.6 is 11.3 Å². The van der Waals surface area contributed by atoms with Crippen LogP contribution in [0.25, 0.3) is 0 Å². The van der Waals surface area contributed by atoms with Gasteiger partial charge in [-0.05, 0) is 118 Å². The van der Waals surface area contributed by atoms with Crippen LogP contribution in [-0.4, -0.2) is 62.3 Å². The maximum Gasteiger partial charge on any atom is 0.337 e. The van der Waals surface area contributed by atoms with E-state index in [1.165, 1.54) is 56.6 Å². The number of fused-ring (bicyclic) bond motifs is 1. The molecule has 1 aliphatic carbocycles. The number of carbonyl (C=O) groups is 4. The number of thiophene rings is 1. The van der Waals surface area contributed by atoms with Crippen LogP contribution in [0.5, 0.6) is 0 Å². The van der Waals surface area contributed by atoms with Crippen molar-refractivity contribution in [1.29, 1.82) is 0 Å². The zero-order valence-corrected chi connectivity index (χ0v) is 32.2. The first-order valence-electron chi connectivity index (χ1n) is 17.6. The molecule has 1 aromatic heterocycles. The van der Waals surface area contributed by atoms with Gasteiger partial charge < -0.3 is 20.1 Å². The minimum absolute atomic E-state index is 0.000647. The Balaban J connectivity index is 1.31. The van der Waals surface area contributed by atoms with Crippen molar-refractivity contribution in [1.82, 2.24) is 4.31 Å². The van der Waals surface area contributed by atoms with Gasteiger partial charge in [0.2, 0.25) is 10.0 Å². The van der Waals surface area contributed by atoms with Gasteiger partial charge in [-0.2, -0.15) is 4.31 Å². The number of rotatable bonds is 14. The molecule has 2 N–H and O–H groups in total. The van der Waals surface area contributed by atoms with Gasteiger partial charge in [0.05, 0.1) is 29.7 Å². The molecule has 5 rings (SSSR count). The number of carbonyl (C=O) groups excluding carboxylic acids is 4. The standard InChI is InChI=1S/C40H45N3O8S2/c1-6-43(40(3,4)39(47)51-7-2)53(48,49)31-12-10-11-29(25-31)35(44)42-37-34(32-13-8-9-14-33(32)52-37)36(45)41-30-23-19-27(20-24-30)16-15-26-17-21-28(22-18-26)38(46)50-5/h10-12,17-25H,6-9,13-16H2,1-5H3,(H,41,45)(H,42,44). The molecule has 0 atom stereocenters. The Morgan fingerprint density at radius 1 is 0.830 bits per heavy atom. The Morgan fingerprint density at radius 3 is 2.09 bits per heavy atom. The third-order valence-electron chi connectivity index (χ3n) is 9.28. The van der Waals surface area contributed by atoms with Crippen LogP contribution < -0.4 is 10.6 Å². The highest BCUT2D eigenvalue weighted by molar-refractivity contribution is 7.89. The Bertz CT molecular complexity index is 2090. The average molecular weight is 760 g/mol. The van der Waals surface area contributed by atoms with Crippen LogP contribution in [0.2, 0.25) is 0 Å². The molecule has 4 aromatic rings. The van der Waals surface area contributed by atoms with Gasteiger partial charge in [0, 0.05) is 22.7 Å². The van der Waals surface area contributed by atoms with Crippen molar-refractivity contribution in [3.63, 3.8) is 0 Å². The van der Waals surface area contributed by atoms with E-state index >= 15 is 0 Å². The summed E-state index contributed by atoms with van der Waals surface area (Å²) in [5.74, 6) is -1.95. The van der Waals surface area contributed by atoms with Crippen molar-refractivity contribution < 1.29 is 37.1 Å². The third kappa shape index (κ3) is 8.86. The molecule has 11 nitrogen and oxygen atoms in total. The van der Waals surface area contributed by atoms with E-state index in [0.29, 0.717) is 28.2 Å². The Kier molecular flexibility index (Phi) is 12.5. The van der Waals surface area contributed by atoms with Gasteiger partial charge >= 0.3 is 11.9 Å². The first-order chi connectivity index (χ1) is 25.3. The van der Waals surface area contributed by atoms with E-state index in [2.05, 4.69) is 10.6 Å². The molecule has 2 amide bonds. The van der Waals surface area contributed by atoms with E-state index in [-0.39, 0.29) is 35.5 Å². The molecule has 3 aromatic carbocycles. The number of esters is 2. The number of aryl methyl sites for hydroxylation is 3. The van der Waals surface area contributed by atoms with Crippen LogP contribution in [0.1, 0.15) is 93.2 Å². The maximum atomic E-state index is 13.9. The zero-order chi connectivity index (χ0) is 38.3. The van der Waals surface area contributed by atoms with E-state index in [1.54, 1.807) is 26.0 Å². The number of nitrogens with one attached hydrogen (secondary N) is 2. The SMILES string of the molecule is CCOC(=O)C(C)(C)N(CC)S(=O)(=O)c1cccc(C(=O)Nc2sc3c(c2C(=O)Nc2ccc(CCc4ccc(C(=O)OC)cc4)cc2)CCCC3)c1. The monoisotopic (exact) mass is 759 g/mol. The molecule has 1 aliphatic rings. The number of sulfonamides is 1. The van der Waals surface area contributed by atoms with E-state index < -0.39 is 27.4 Å². The largest absolute Gasteiger partial charge is 0.465 e. The number of anilines is 2. The van der Waals surface area contributed by atoms with Gasteiger partial charge in [-0.3, -0.25) is 14.4 Å². The highest BCUT2D eigenvalue weighted by Gasteiger charge is 2.43. The topological polar surface area (TPSA) is 148 Å². The molecular weight excluding hydrogens is 715 g/mol. The zero-order valence-electron chi connectivity index (χ0n) is 30.6. The molecule has 0 aliphatic heterocycles. The van der Waals surface area contributed by atoms with Crippen LogP contribution in [0.4, 0.5) is 10.7 Å². The summed E-state index contributed by atoms with van der Waals surface area (Å²) in [4.78, 5) is 52.8. The van der Waals surface area contributed by atoms with Crippen LogP contribution in [0.15, 0.2) is 77.7 Å². The lowest BCUT2D eigenvalue weighted by Gasteiger charge is -2.34. The van der Waals surface area contributed by atoms with Gasteiger partial charge in [-0.1, -0.05) is 37.3 Å². The lowest BCUT2D eigenvalue weighted by atomic mass is 9.95. The fraction of sp³-hybridized carbons (Fsp3) is 0.350. The molecule has 0 unspecified atom stereocenters. The molecule has 53 heavy (non-hydrogen) atoms. The lowest BCUT2D eigenvalue weighted by molar-refractivity contribution is -0.152. The summed E-state index contributed by atoms with van der Waals surface area (Å²) in [5, 5.41) is 6.31. The Hall–Kier alpha value is -4.85. The first kappa shape index (κ1) is 39.4. The number of hydrogen-bond acceptors (Lipinski definition) is 9. The first-order valence-corrected chi connectivity index (χ1v) is 19.9. The Morgan fingerprint density at radius 2 is 1.47 bits per heavy atom. The Labute approximate surface area is 314 Å². The molecule has 13 heteroatoms. The summed E-state index contributed by atoms with van der Waals surface area (Å²) in [6, 6.07) is 20.6. The molecule has 0 fully saturated rings. The second-order valence-corrected chi connectivity index (χ2v) is 16.2. The highest BCUT2D eigenvalue weighted by Crippen LogP contribution is 2.39. The van der Waals surface area contributed by atoms with E-state index in [1.807, 2.05) is 36.4 Å². The van der Waals surface area contributed by atoms with Gasteiger partial charge in [0.1, 0.15) is 10.5 Å². The molecule has 280 valence electrons. The normalized spacial score (nSPS) is 12.9. The number of hydrogen-bond donors (Lipinski definition) is 2. The van der Waals surface area contributed by atoms with Crippen molar-refractivity contribution in [2.45, 2.75) is 76.7 Å². The van der Waals surface area contributed by atoms with Crippen molar-refractivity contribution in [3.8, 4) is 0 Å². The lowest BCUT2D eigenvalue weighted by Crippen LogP contribution is -2.53. The van der Waals surface area contributed by atoms with Crippen molar-refractivity contribution in [2.75, 3.05) is 30.9 Å². The van der Waals surface area contributed by atoms with E-state index in [9.17, 15) is 27.6 Å². The van der Waals surface area contributed by atoms with Crippen molar-refractivity contribution in [2.24, 2.45) is 0 Å². The van der Waals surface area contributed by atoms with Gasteiger partial charge in [-0.25, -0.2) is 13.2 Å². The summed E-state index contributed by atoms with van der Waals surface area (Å²) in [6.07, 6.45) is 4.95. The van der Waals surface area contributed by atoms with Gasteiger partial charge in [0.25, 0.3) is 11.8 Å². The quantitative estimate of drug-likeness (QED) is 0.130. The second-order valence-electron chi connectivity index (χ2n) is 13.2. The highest BCUT2D eigenvalue weighted by atomic mass is 32.2. The summed E-state index contributed by atoms with van der Waals surface area (Å²) in [6.45, 7) is 6.36. The minimum atomic E-state index is -4.21. The number of benzene rings is 3.